The number of hydrogen-bond acceptors (Lipinski definition) is 3. The molecule has 4 nitrogen and oxygen atoms in total. The van der Waals surface area contributed by atoms with Gasteiger partial charge in [-0.1, -0.05) is 0 Å². The number of nitrogens with zero attached hydrogens (tertiary/aromatic N) is 1. The van der Waals surface area contributed by atoms with E-state index in [2.05, 4.69) is 5.32 Å². The number of alkyl halides is 3. The first-order valence-corrected chi connectivity index (χ1v) is 6.09. The molecule has 0 radical (unpaired) electrons. The second-order valence-electron chi connectivity index (χ2n) is 4.51. The fourth-order valence-electron chi connectivity index (χ4n) is 2.22. The Morgan fingerprint density at radius 2 is 2.11 bits per heavy atom. The molecule has 1 aromatic rings. The number of piperidine rings is 1. The lowest BCUT2D eigenvalue weighted by molar-refractivity contribution is -0.145. The maximum atomic E-state index is 12.6. The lowest BCUT2D eigenvalue weighted by Crippen LogP contribution is -2.49. The molecule has 7 heteroatoms. The van der Waals surface area contributed by atoms with E-state index in [9.17, 15) is 18.0 Å². The fraction of sp³-hybridized carbons (Fsp3) is 0.583. The summed E-state index contributed by atoms with van der Waals surface area (Å²) < 4.78 is 42.8. The molecule has 0 spiro atoms. The van der Waals surface area contributed by atoms with Gasteiger partial charge in [-0.05, 0) is 38.1 Å². The van der Waals surface area contributed by atoms with Crippen molar-refractivity contribution in [3.63, 3.8) is 0 Å². The smallest absolute Gasteiger partial charge is 0.406 e. The summed E-state index contributed by atoms with van der Waals surface area (Å²) >= 11 is 0. The van der Waals surface area contributed by atoms with Crippen LogP contribution in [0.25, 0.3) is 0 Å². The Labute approximate surface area is 108 Å². The molecule has 19 heavy (non-hydrogen) atoms. The summed E-state index contributed by atoms with van der Waals surface area (Å²) in [6.45, 7) is -0.00782. The van der Waals surface area contributed by atoms with E-state index in [1.165, 1.54) is 18.4 Å². The highest BCUT2D eigenvalue weighted by Gasteiger charge is 2.37. The molecule has 1 saturated heterocycles. The van der Waals surface area contributed by atoms with Gasteiger partial charge < -0.3 is 14.6 Å². The average Bonchev–Trinajstić information content (AvgIpc) is 2.89. The van der Waals surface area contributed by atoms with Crippen LogP contribution in [-0.4, -0.2) is 42.7 Å². The quantitative estimate of drug-likeness (QED) is 0.919. The largest absolute Gasteiger partial charge is 0.459 e. The van der Waals surface area contributed by atoms with Crippen LogP contribution in [0.1, 0.15) is 23.4 Å². The molecule has 1 aliphatic rings. The number of furan rings is 1. The zero-order valence-corrected chi connectivity index (χ0v) is 10.2. The van der Waals surface area contributed by atoms with Gasteiger partial charge in [-0.3, -0.25) is 4.79 Å². The second kappa shape index (κ2) is 5.64. The number of rotatable bonds is 3. The Hall–Kier alpha value is -1.50. The van der Waals surface area contributed by atoms with E-state index in [0.29, 0.717) is 25.9 Å². The number of hydrogen-bond donors (Lipinski definition) is 1. The third-order valence-electron chi connectivity index (χ3n) is 3.09. The van der Waals surface area contributed by atoms with Crippen LogP contribution in [0.4, 0.5) is 13.2 Å². The molecule has 0 aliphatic carbocycles. The Balaban J connectivity index is 2.15. The number of nitrogens with one attached hydrogen (secondary N) is 1. The van der Waals surface area contributed by atoms with Crippen molar-refractivity contribution in [3.8, 4) is 0 Å². The molecule has 1 fully saturated rings. The summed E-state index contributed by atoms with van der Waals surface area (Å²) in [5.41, 5.74) is 0. The molecular formula is C12H15F3N2O2. The zero-order valence-electron chi connectivity index (χ0n) is 10.2. The summed E-state index contributed by atoms with van der Waals surface area (Å²) in [5, 5.41) is 3.06. The molecule has 1 aliphatic heterocycles. The van der Waals surface area contributed by atoms with E-state index < -0.39 is 24.7 Å². The lowest BCUT2D eigenvalue weighted by atomic mass is 10.0. The van der Waals surface area contributed by atoms with E-state index in [1.54, 1.807) is 0 Å². The Morgan fingerprint density at radius 3 is 2.63 bits per heavy atom. The highest BCUT2D eigenvalue weighted by atomic mass is 19.4. The van der Waals surface area contributed by atoms with Gasteiger partial charge in [-0.15, -0.1) is 0 Å². The van der Waals surface area contributed by atoms with Crippen LogP contribution < -0.4 is 5.32 Å². The SMILES string of the molecule is O=C(c1ccco1)N(CC(F)(F)F)C1CCNCC1. The van der Waals surface area contributed by atoms with Crippen molar-refractivity contribution in [1.82, 2.24) is 10.2 Å². The molecule has 0 bridgehead atoms. The van der Waals surface area contributed by atoms with E-state index >= 15 is 0 Å². The topological polar surface area (TPSA) is 45.5 Å². The van der Waals surface area contributed by atoms with Crippen molar-refractivity contribution in [3.05, 3.63) is 24.2 Å². The van der Waals surface area contributed by atoms with Gasteiger partial charge in [0.25, 0.3) is 5.91 Å². The molecule has 2 heterocycles. The van der Waals surface area contributed by atoms with Gasteiger partial charge in [0.2, 0.25) is 0 Å². The van der Waals surface area contributed by atoms with Crippen LogP contribution in [0.5, 0.6) is 0 Å². The molecule has 0 unspecified atom stereocenters. The number of halogens is 3. The van der Waals surface area contributed by atoms with Crippen LogP contribution >= 0.6 is 0 Å². The Bertz CT molecular complexity index is 411. The summed E-state index contributed by atoms with van der Waals surface area (Å²) in [5.74, 6) is -0.753. The molecular weight excluding hydrogens is 261 g/mol. The highest BCUT2D eigenvalue weighted by molar-refractivity contribution is 5.91. The summed E-state index contributed by atoms with van der Waals surface area (Å²) in [6, 6.07) is 2.47. The second-order valence-corrected chi connectivity index (χ2v) is 4.51. The Morgan fingerprint density at radius 1 is 1.42 bits per heavy atom. The minimum Gasteiger partial charge on any atom is -0.459 e. The monoisotopic (exact) mass is 276 g/mol. The lowest BCUT2D eigenvalue weighted by Gasteiger charge is -2.34. The molecule has 1 amide bonds. The molecule has 0 atom stereocenters. The van der Waals surface area contributed by atoms with Crippen molar-refractivity contribution >= 4 is 5.91 Å². The van der Waals surface area contributed by atoms with Crippen molar-refractivity contribution in [2.75, 3.05) is 19.6 Å². The van der Waals surface area contributed by atoms with E-state index in [0.717, 1.165) is 4.90 Å². The standard InChI is InChI=1S/C12H15F3N2O2/c13-12(14,15)8-17(9-3-5-16-6-4-9)11(18)10-2-1-7-19-10/h1-2,7,9,16H,3-6,8H2. The van der Waals surface area contributed by atoms with Crippen LogP contribution in [0.3, 0.4) is 0 Å². The van der Waals surface area contributed by atoms with Crippen LogP contribution in [-0.2, 0) is 0 Å². The third kappa shape index (κ3) is 3.73. The third-order valence-corrected chi connectivity index (χ3v) is 3.09. The van der Waals surface area contributed by atoms with Gasteiger partial charge in [0.1, 0.15) is 6.54 Å². The van der Waals surface area contributed by atoms with E-state index in [-0.39, 0.29) is 5.76 Å². The van der Waals surface area contributed by atoms with Crippen molar-refractivity contribution in [2.45, 2.75) is 25.1 Å². The minimum atomic E-state index is -4.41. The molecule has 0 aromatic carbocycles. The molecule has 2 rings (SSSR count). The number of carbonyl (C=O) groups is 1. The van der Waals surface area contributed by atoms with Gasteiger partial charge in [-0.2, -0.15) is 13.2 Å². The summed E-state index contributed by atoms with van der Waals surface area (Å²) in [7, 11) is 0. The van der Waals surface area contributed by atoms with Crippen molar-refractivity contribution in [1.29, 1.82) is 0 Å². The maximum absolute atomic E-state index is 12.6. The normalized spacial score (nSPS) is 17.4. The first kappa shape index (κ1) is 13.9. The predicted octanol–water partition coefficient (Wildman–Crippen LogP) is 2.04. The van der Waals surface area contributed by atoms with Gasteiger partial charge in [0.15, 0.2) is 5.76 Å². The predicted molar refractivity (Wildman–Crippen MR) is 61.7 cm³/mol. The fourth-order valence-corrected chi connectivity index (χ4v) is 2.22. The van der Waals surface area contributed by atoms with E-state index in [1.807, 2.05) is 0 Å². The van der Waals surface area contributed by atoms with Crippen LogP contribution in [0.15, 0.2) is 22.8 Å². The molecule has 0 saturated carbocycles. The zero-order chi connectivity index (χ0) is 13.9. The van der Waals surface area contributed by atoms with Crippen LogP contribution in [0.2, 0.25) is 0 Å². The molecule has 1 aromatic heterocycles. The summed E-state index contributed by atoms with van der Waals surface area (Å²) in [6.07, 6.45) is -2.10. The minimum absolute atomic E-state index is 0.0530. The first-order chi connectivity index (χ1) is 8.97. The maximum Gasteiger partial charge on any atom is 0.406 e. The van der Waals surface area contributed by atoms with Gasteiger partial charge in [0, 0.05) is 6.04 Å². The number of carbonyl (C=O) groups excluding carboxylic acids is 1. The van der Waals surface area contributed by atoms with Gasteiger partial charge >= 0.3 is 6.18 Å². The van der Waals surface area contributed by atoms with Crippen LogP contribution in [0, 0.1) is 0 Å². The van der Waals surface area contributed by atoms with Crippen molar-refractivity contribution < 1.29 is 22.4 Å². The molecule has 1 N–H and O–H groups in total. The highest BCUT2D eigenvalue weighted by Crippen LogP contribution is 2.23. The van der Waals surface area contributed by atoms with E-state index in [4.69, 9.17) is 4.42 Å². The number of amides is 1. The Kier molecular flexibility index (Phi) is 4.14. The van der Waals surface area contributed by atoms with Crippen molar-refractivity contribution in [2.24, 2.45) is 0 Å². The van der Waals surface area contributed by atoms with Gasteiger partial charge in [-0.25, -0.2) is 0 Å². The van der Waals surface area contributed by atoms with Gasteiger partial charge in [0.05, 0.1) is 6.26 Å². The summed E-state index contributed by atoms with van der Waals surface area (Å²) in [4.78, 5) is 13.0. The first-order valence-electron chi connectivity index (χ1n) is 6.09. The molecule has 106 valence electrons. The average molecular weight is 276 g/mol.